The molecule has 0 aromatic heterocycles. The molecule has 92 valence electrons. The lowest BCUT2D eigenvalue weighted by molar-refractivity contribution is -0.121. The molecule has 1 N–H and O–H groups in total. The van der Waals surface area contributed by atoms with Gasteiger partial charge in [-0.1, -0.05) is 51.5 Å². The van der Waals surface area contributed by atoms with Crippen molar-refractivity contribution in [3.8, 4) is 0 Å². The first-order valence-electron chi connectivity index (χ1n) is 6.25. The molecule has 0 saturated carbocycles. The first-order chi connectivity index (χ1) is 7.66. The fourth-order valence-electron chi connectivity index (χ4n) is 1.14. The molecular weight excluding hydrogens is 198 g/mol. The van der Waals surface area contributed by atoms with E-state index in [2.05, 4.69) is 38.2 Å². The van der Waals surface area contributed by atoms with E-state index in [1.165, 1.54) is 6.42 Å². The molecule has 0 bridgehead atoms. The number of hydrogen-bond donors (Lipinski definition) is 1. The molecule has 0 atom stereocenters. The largest absolute Gasteiger partial charge is 0.356 e. The number of carbonyl (C=O) groups is 1. The van der Waals surface area contributed by atoms with E-state index in [1.54, 1.807) is 0 Å². The fourth-order valence-corrected chi connectivity index (χ4v) is 1.14. The molecule has 0 spiro atoms. The Morgan fingerprint density at radius 1 is 1.19 bits per heavy atom. The lowest BCUT2D eigenvalue weighted by atomic mass is 10.2. The summed E-state index contributed by atoms with van der Waals surface area (Å²) < 4.78 is 0. The molecule has 2 heteroatoms. The molecule has 0 aromatic carbocycles. The van der Waals surface area contributed by atoms with Gasteiger partial charge in [-0.15, -0.1) is 0 Å². The third-order valence-electron chi connectivity index (χ3n) is 2.08. The Hall–Kier alpha value is -1.05. The Labute approximate surface area is 99.8 Å². The van der Waals surface area contributed by atoms with Gasteiger partial charge in [0.05, 0.1) is 0 Å². The highest BCUT2D eigenvalue weighted by molar-refractivity contribution is 5.75. The molecule has 0 aromatic rings. The van der Waals surface area contributed by atoms with E-state index >= 15 is 0 Å². The van der Waals surface area contributed by atoms with Crippen LogP contribution >= 0.6 is 0 Å². The van der Waals surface area contributed by atoms with Gasteiger partial charge in [-0.05, 0) is 18.8 Å². The van der Waals surface area contributed by atoms with E-state index < -0.39 is 0 Å². The number of carbonyl (C=O) groups excluding carboxylic acids is 1. The van der Waals surface area contributed by atoms with Gasteiger partial charge < -0.3 is 5.32 Å². The quantitative estimate of drug-likeness (QED) is 0.627. The zero-order chi connectivity index (χ0) is 12.2. The van der Waals surface area contributed by atoms with Crippen molar-refractivity contribution >= 4 is 5.91 Å². The minimum Gasteiger partial charge on any atom is -0.356 e. The molecule has 0 radical (unpaired) electrons. The Bertz CT molecular complexity index is 229. The summed E-state index contributed by atoms with van der Waals surface area (Å²) >= 11 is 0. The minimum absolute atomic E-state index is 0.149. The standard InChI is InChI=1S/C14H25NO/c1-4-5-6-7-8-9-10-11-14(16)15-12-13(2)3/h6-9,13H,4-5,10-12H2,1-3H3,(H,15,16). The summed E-state index contributed by atoms with van der Waals surface area (Å²) in [5, 5.41) is 2.90. The van der Waals surface area contributed by atoms with Crippen LogP contribution in [0, 0.1) is 5.92 Å². The minimum atomic E-state index is 0.149. The summed E-state index contributed by atoms with van der Waals surface area (Å²) in [7, 11) is 0. The second-order valence-corrected chi connectivity index (χ2v) is 4.38. The van der Waals surface area contributed by atoms with Crippen LogP contribution in [-0.2, 0) is 4.79 Å². The lowest BCUT2D eigenvalue weighted by Crippen LogP contribution is -2.26. The van der Waals surface area contributed by atoms with Crippen molar-refractivity contribution < 1.29 is 4.79 Å². The first-order valence-corrected chi connectivity index (χ1v) is 6.25. The van der Waals surface area contributed by atoms with Crippen LogP contribution in [0.1, 0.15) is 46.5 Å². The highest BCUT2D eigenvalue weighted by Gasteiger charge is 1.99. The maximum absolute atomic E-state index is 11.3. The molecule has 1 amide bonds. The van der Waals surface area contributed by atoms with Gasteiger partial charge in [-0.3, -0.25) is 4.79 Å². The average molecular weight is 223 g/mol. The number of amides is 1. The van der Waals surface area contributed by atoms with Crippen LogP contribution in [0.2, 0.25) is 0 Å². The van der Waals surface area contributed by atoms with Crippen LogP contribution in [0.3, 0.4) is 0 Å². The molecule has 0 aliphatic carbocycles. The van der Waals surface area contributed by atoms with E-state index in [-0.39, 0.29) is 5.91 Å². The maximum Gasteiger partial charge on any atom is 0.220 e. The van der Waals surface area contributed by atoms with Crippen LogP contribution in [-0.4, -0.2) is 12.5 Å². The Balaban J connectivity index is 3.46. The lowest BCUT2D eigenvalue weighted by Gasteiger charge is -2.05. The van der Waals surface area contributed by atoms with Crippen LogP contribution in [0.15, 0.2) is 24.3 Å². The SMILES string of the molecule is CCCC=CC=CCCC(=O)NCC(C)C. The van der Waals surface area contributed by atoms with Crippen molar-refractivity contribution in [2.45, 2.75) is 46.5 Å². The summed E-state index contributed by atoms with van der Waals surface area (Å²) in [6.45, 7) is 7.13. The Kier molecular flexibility index (Phi) is 9.78. The highest BCUT2D eigenvalue weighted by atomic mass is 16.1. The molecule has 0 unspecified atom stereocenters. The zero-order valence-electron chi connectivity index (χ0n) is 10.8. The van der Waals surface area contributed by atoms with Crippen molar-refractivity contribution in [1.82, 2.24) is 5.32 Å². The van der Waals surface area contributed by atoms with Crippen LogP contribution < -0.4 is 5.32 Å². The van der Waals surface area contributed by atoms with Gasteiger partial charge in [0.1, 0.15) is 0 Å². The number of unbranched alkanes of at least 4 members (excludes halogenated alkanes) is 1. The summed E-state index contributed by atoms with van der Waals surface area (Å²) in [5.74, 6) is 0.673. The summed E-state index contributed by atoms with van der Waals surface area (Å²) in [6.07, 6.45) is 12.0. The summed E-state index contributed by atoms with van der Waals surface area (Å²) in [4.78, 5) is 11.3. The Morgan fingerprint density at radius 2 is 1.81 bits per heavy atom. The molecule has 0 rings (SSSR count). The van der Waals surface area contributed by atoms with Crippen molar-refractivity contribution in [3.63, 3.8) is 0 Å². The van der Waals surface area contributed by atoms with E-state index in [1.807, 2.05) is 12.2 Å². The predicted octanol–water partition coefficient (Wildman–Crippen LogP) is 3.45. The van der Waals surface area contributed by atoms with Gasteiger partial charge in [-0.2, -0.15) is 0 Å². The normalized spacial score (nSPS) is 11.8. The van der Waals surface area contributed by atoms with E-state index in [0.29, 0.717) is 12.3 Å². The molecular formula is C14H25NO. The van der Waals surface area contributed by atoms with Crippen LogP contribution in [0.5, 0.6) is 0 Å². The molecule has 0 fully saturated rings. The van der Waals surface area contributed by atoms with Gasteiger partial charge in [0, 0.05) is 13.0 Å². The molecule has 16 heavy (non-hydrogen) atoms. The fraction of sp³-hybridized carbons (Fsp3) is 0.643. The zero-order valence-corrected chi connectivity index (χ0v) is 10.8. The van der Waals surface area contributed by atoms with Gasteiger partial charge in [0.2, 0.25) is 5.91 Å². The third kappa shape index (κ3) is 11.0. The second kappa shape index (κ2) is 10.5. The van der Waals surface area contributed by atoms with Gasteiger partial charge in [0.25, 0.3) is 0 Å². The molecule has 0 aliphatic rings. The van der Waals surface area contributed by atoms with Gasteiger partial charge >= 0.3 is 0 Å². The summed E-state index contributed by atoms with van der Waals surface area (Å²) in [5.41, 5.74) is 0. The summed E-state index contributed by atoms with van der Waals surface area (Å²) in [6, 6.07) is 0. The van der Waals surface area contributed by atoms with Crippen molar-refractivity contribution in [1.29, 1.82) is 0 Å². The molecule has 0 aliphatic heterocycles. The van der Waals surface area contributed by atoms with Crippen molar-refractivity contribution in [2.24, 2.45) is 5.92 Å². The third-order valence-corrected chi connectivity index (χ3v) is 2.08. The van der Waals surface area contributed by atoms with E-state index in [0.717, 1.165) is 19.4 Å². The number of hydrogen-bond acceptors (Lipinski definition) is 1. The van der Waals surface area contributed by atoms with Crippen molar-refractivity contribution in [3.05, 3.63) is 24.3 Å². The van der Waals surface area contributed by atoms with Gasteiger partial charge in [0.15, 0.2) is 0 Å². The van der Waals surface area contributed by atoms with Crippen LogP contribution in [0.25, 0.3) is 0 Å². The molecule has 2 nitrogen and oxygen atoms in total. The number of rotatable bonds is 8. The number of allylic oxidation sites excluding steroid dienone is 4. The Morgan fingerprint density at radius 3 is 2.38 bits per heavy atom. The molecule has 0 saturated heterocycles. The first kappa shape index (κ1) is 14.9. The predicted molar refractivity (Wildman–Crippen MR) is 70.3 cm³/mol. The maximum atomic E-state index is 11.3. The molecule has 0 heterocycles. The second-order valence-electron chi connectivity index (χ2n) is 4.38. The van der Waals surface area contributed by atoms with E-state index in [9.17, 15) is 4.79 Å². The highest BCUT2D eigenvalue weighted by Crippen LogP contribution is 1.94. The van der Waals surface area contributed by atoms with E-state index in [4.69, 9.17) is 0 Å². The number of nitrogens with one attached hydrogen (secondary N) is 1. The van der Waals surface area contributed by atoms with Crippen LogP contribution in [0.4, 0.5) is 0 Å². The van der Waals surface area contributed by atoms with Gasteiger partial charge in [-0.25, -0.2) is 0 Å². The average Bonchev–Trinajstić information content (AvgIpc) is 2.25. The topological polar surface area (TPSA) is 29.1 Å². The smallest absolute Gasteiger partial charge is 0.220 e. The van der Waals surface area contributed by atoms with Crippen molar-refractivity contribution in [2.75, 3.05) is 6.54 Å². The monoisotopic (exact) mass is 223 g/mol.